The van der Waals surface area contributed by atoms with E-state index in [4.69, 9.17) is 4.74 Å². The van der Waals surface area contributed by atoms with E-state index in [9.17, 15) is 19.2 Å². The zero-order valence-corrected chi connectivity index (χ0v) is 21.7. The summed E-state index contributed by atoms with van der Waals surface area (Å²) in [5.74, 6) is -1.26. The number of ether oxygens (including phenoxy) is 1. The topological polar surface area (TPSA) is 171 Å². The Morgan fingerprint density at radius 3 is 2.57 bits per heavy atom. The van der Waals surface area contributed by atoms with Crippen molar-refractivity contribution in [2.45, 2.75) is 71.7 Å². The van der Waals surface area contributed by atoms with Crippen LogP contribution < -0.4 is 20.9 Å². The molecule has 1 aliphatic heterocycles. The molecule has 2 heterocycles. The lowest BCUT2D eigenvalue weighted by Crippen LogP contribution is -2.54. The predicted molar refractivity (Wildman–Crippen MR) is 133 cm³/mol. The first-order valence-corrected chi connectivity index (χ1v) is 12.2. The van der Waals surface area contributed by atoms with Gasteiger partial charge in [0.25, 0.3) is 0 Å². The van der Waals surface area contributed by atoms with E-state index in [1.54, 1.807) is 32.9 Å². The largest absolute Gasteiger partial charge is 0.444 e. The average molecular weight is 515 g/mol. The van der Waals surface area contributed by atoms with Gasteiger partial charge < -0.3 is 20.7 Å². The van der Waals surface area contributed by atoms with Crippen LogP contribution in [0.4, 0.5) is 10.5 Å². The van der Waals surface area contributed by atoms with Gasteiger partial charge in [-0.25, -0.2) is 4.79 Å². The Labute approximate surface area is 215 Å². The van der Waals surface area contributed by atoms with Gasteiger partial charge in [-0.05, 0) is 38.3 Å². The molecule has 3 rings (SSSR count). The minimum absolute atomic E-state index is 0.0495. The molecule has 0 fully saturated rings. The van der Waals surface area contributed by atoms with Gasteiger partial charge in [-0.3, -0.25) is 19.3 Å². The van der Waals surface area contributed by atoms with E-state index in [0.29, 0.717) is 24.4 Å². The van der Waals surface area contributed by atoms with E-state index in [1.807, 2.05) is 26.0 Å². The number of aromatic nitrogens is 4. The SMILES string of the molecule is CC[C@H](C)[C@H](NC(=O)OC(C)(C)C)C(=O)NCC(=O)N1c2ccccc2C[C@H]1C(=O)NCc1nn[nH]n1. The summed E-state index contributed by atoms with van der Waals surface area (Å²) in [4.78, 5) is 53.0. The number of hydrogen-bond acceptors (Lipinski definition) is 8. The number of carbonyl (C=O) groups excluding carboxylic acids is 4. The van der Waals surface area contributed by atoms with Crippen LogP contribution in [0.25, 0.3) is 0 Å². The fourth-order valence-corrected chi connectivity index (χ4v) is 3.94. The van der Waals surface area contributed by atoms with Crippen molar-refractivity contribution in [2.75, 3.05) is 11.4 Å². The highest BCUT2D eigenvalue weighted by molar-refractivity contribution is 6.05. The first-order chi connectivity index (χ1) is 17.5. The number of anilines is 1. The fourth-order valence-electron chi connectivity index (χ4n) is 3.94. The molecule has 0 unspecified atom stereocenters. The average Bonchev–Trinajstić information content (AvgIpc) is 3.50. The minimum atomic E-state index is -0.896. The quantitative estimate of drug-likeness (QED) is 0.381. The van der Waals surface area contributed by atoms with Crippen molar-refractivity contribution in [3.63, 3.8) is 0 Å². The van der Waals surface area contributed by atoms with Crippen LogP contribution in [-0.4, -0.2) is 68.7 Å². The third-order valence-corrected chi connectivity index (χ3v) is 5.94. The van der Waals surface area contributed by atoms with Crippen molar-refractivity contribution in [1.29, 1.82) is 0 Å². The summed E-state index contributed by atoms with van der Waals surface area (Å²) in [6.07, 6.45) is 0.221. The Balaban J connectivity index is 1.68. The maximum absolute atomic E-state index is 13.3. The molecule has 0 saturated carbocycles. The van der Waals surface area contributed by atoms with Crippen LogP contribution in [0, 0.1) is 5.92 Å². The number of fused-ring (bicyclic) bond motifs is 1. The van der Waals surface area contributed by atoms with E-state index in [1.165, 1.54) is 4.90 Å². The van der Waals surface area contributed by atoms with E-state index < -0.39 is 35.6 Å². The van der Waals surface area contributed by atoms with Crippen LogP contribution in [0.15, 0.2) is 24.3 Å². The van der Waals surface area contributed by atoms with Gasteiger partial charge in [0.05, 0.1) is 13.1 Å². The van der Waals surface area contributed by atoms with Gasteiger partial charge in [-0.15, -0.1) is 10.2 Å². The highest BCUT2D eigenvalue weighted by atomic mass is 16.6. The Morgan fingerprint density at radius 1 is 1.19 bits per heavy atom. The summed E-state index contributed by atoms with van der Waals surface area (Å²) in [6, 6.07) is 5.52. The number of amides is 4. The van der Waals surface area contributed by atoms with Crippen LogP contribution in [0.1, 0.15) is 52.4 Å². The molecule has 0 radical (unpaired) electrons. The first kappa shape index (κ1) is 27.6. The molecule has 37 heavy (non-hydrogen) atoms. The molecule has 0 bridgehead atoms. The van der Waals surface area contributed by atoms with Crippen molar-refractivity contribution in [1.82, 2.24) is 36.6 Å². The molecule has 1 aliphatic rings. The number of H-pyrrole nitrogens is 1. The molecule has 1 aromatic heterocycles. The number of carbonyl (C=O) groups is 4. The van der Waals surface area contributed by atoms with Crippen molar-refractivity contribution >= 4 is 29.5 Å². The number of nitrogens with one attached hydrogen (secondary N) is 4. The summed E-state index contributed by atoms with van der Waals surface area (Å²) < 4.78 is 5.28. The van der Waals surface area contributed by atoms with Crippen LogP contribution in [0.3, 0.4) is 0 Å². The Morgan fingerprint density at radius 2 is 1.92 bits per heavy atom. The van der Waals surface area contributed by atoms with E-state index in [2.05, 4.69) is 36.6 Å². The number of aromatic amines is 1. The Hall–Kier alpha value is -4.03. The molecule has 13 heteroatoms. The van der Waals surface area contributed by atoms with Crippen LogP contribution >= 0.6 is 0 Å². The maximum atomic E-state index is 13.3. The fraction of sp³-hybridized carbons (Fsp3) is 0.542. The van der Waals surface area contributed by atoms with Crippen molar-refractivity contribution in [2.24, 2.45) is 5.92 Å². The number of hydrogen-bond donors (Lipinski definition) is 4. The second-order valence-electron chi connectivity index (χ2n) is 9.89. The number of alkyl carbamates (subject to hydrolysis) is 1. The number of para-hydroxylation sites is 1. The van der Waals surface area contributed by atoms with Crippen LogP contribution in [0.2, 0.25) is 0 Å². The summed E-state index contributed by atoms with van der Waals surface area (Å²) in [7, 11) is 0. The Kier molecular flexibility index (Phi) is 8.79. The zero-order valence-electron chi connectivity index (χ0n) is 21.7. The highest BCUT2D eigenvalue weighted by Gasteiger charge is 2.38. The smallest absolute Gasteiger partial charge is 0.408 e. The summed E-state index contributed by atoms with van der Waals surface area (Å²) >= 11 is 0. The molecule has 0 saturated heterocycles. The summed E-state index contributed by atoms with van der Waals surface area (Å²) in [6.45, 7) is 8.60. The first-order valence-electron chi connectivity index (χ1n) is 12.2. The number of benzene rings is 1. The molecular formula is C24H34N8O5. The second-order valence-corrected chi connectivity index (χ2v) is 9.89. The van der Waals surface area contributed by atoms with Crippen molar-refractivity contribution in [3.8, 4) is 0 Å². The van der Waals surface area contributed by atoms with Gasteiger partial charge in [0.2, 0.25) is 17.7 Å². The van der Waals surface area contributed by atoms with E-state index in [-0.39, 0.29) is 24.9 Å². The van der Waals surface area contributed by atoms with Crippen LogP contribution in [-0.2, 0) is 32.1 Å². The normalized spacial score (nSPS) is 16.4. The summed E-state index contributed by atoms with van der Waals surface area (Å²) in [5, 5.41) is 21.3. The zero-order chi connectivity index (χ0) is 27.2. The molecule has 3 atom stereocenters. The minimum Gasteiger partial charge on any atom is -0.444 e. The van der Waals surface area contributed by atoms with Crippen LogP contribution in [0.5, 0.6) is 0 Å². The molecule has 0 spiro atoms. The van der Waals surface area contributed by atoms with Gasteiger partial charge in [0.1, 0.15) is 17.7 Å². The molecule has 13 nitrogen and oxygen atoms in total. The highest BCUT2D eigenvalue weighted by Crippen LogP contribution is 2.32. The maximum Gasteiger partial charge on any atom is 0.408 e. The van der Waals surface area contributed by atoms with Gasteiger partial charge in [0, 0.05) is 12.1 Å². The third kappa shape index (κ3) is 7.24. The Bertz CT molecular complexity index is 1110. The lowest BCUT2D eigenvalue weighted by Gasteiger charge is -2.27. The molecule has 4 amide bonds. The molecule has 1 aromatic carbocycles. The van der Waals surface area contributed by atoms with Gasteiger partial charge in [-0.2, -0.15) is 5.21 Å². The second kappa shape index (κ2) is 11.8. The lowest BCUT2D eigenvalue weighted by atomic mass is 9.98. The van der Waals surface area contributed by atoms with E-state index in [0.717, 1.165) is 5.56 Å². The van der Waals surface area contributed by atoms with E-state index >= 15 is 0 Å². The number of rotatable bonds is 9. The molecule has 2 aromatic rings. The predicted octanol–water partition coefficient (Wildman–Crippen LogP) is 0.829. The molecule has 0 aliphatic carbocycles. The monoisotopic (exact) mass is 514 g/mol. The lowest BCUT2D eigenvalue weighted by molar-refractivity contribution is -0.128. The van der Waals surface area contributed by atoms with Crippen molar-refractivity contribution < 1.29 is 23.9 Å². The molecule has 4 N–H and O–H groups in total. The van der Waals surface area contributed by atoms with Gasteiger partial charge in [-0.1, -0.05) is 43.7 Å². The number of nitrogens with zero attached hydrogens (tertiary/aromatic N) is 4. The van der Waals surface area contributed by atoms with Gasteiger partial charge >= 0.3 is 6.09 Å². The van der Waals surface area contributed by atoms with Gasteiger partial charge in [0.15, 0.2) is 5.82 Å². The standard InChI is InChI=1S/C24H34N8O5/c1-6-14(2)20(27-23(36)37-24(3,4)5)22(35)26-13-19(33)32-16-10-8-7-9-15(16)11-17(32)21(34)25-12-18-28-30-31-29-18/h7-10,14,17,20H,6,11-13H2,1-5H3,(H,25,34)(H,26,35)(H,27,36)(H,28,29,30,31)/t14-,17-,20-/m0/s1. The third-order valence-electron chi connectivity index (χ3n) is 5.94. The summed E-state index contributed by atoms with van der Waals surface area (Å²) in [5.41, 5.74) is 0.719. The van der Waals surface area contributed by atoms with Crippen molar-refractivity contribution in [3.05, 3.63) is 35.7 Å². The molecular weight excluding hydrogens is 480 g/mol. The number of tetrazole rings is 1. The molecule has 200 valence electrons.